The van der Waals surface area contributed by atoms with Crippen LogP contribution in [0, 0.1) is 0 Å². The molecule has 0 saturated carbocycles. The van der Waals surface area contributed by atoms with Crippen LogP contribution in [0.25, 0.3) is 0 Å². The van der Waals surface area contributed by atoms with Gasteiger partial charge in [0.2, 0.25) is 0 Å². The number of nitrogens with zero attached hydrogens (tertiary/aromatic N) is 2. The number of carboxylic acid groups (broad SMARTS) is 1. The van der Waals surface area contributed by atoms with Gasteiger partial charge in [-0.3, -0.25) is 4.68 Å². The molecule has 1 aromatic heterocycles. The average Bonchev–Trinajstić information content (AvgIpc) is 2.71. The third kappa shape index (κ3) is 3.33. The Morgan fingerprint density at radius 2 is 2.26 bits per heavy atom. The number of halogens is 1. The molecular formula is C13H13ClN2O3. The molecule has 0 aliphatic rings. The summed E-state index contributed by atoms with van der Waals surface area (Å²) in [6.45, 7) is 0.551. The fraction of sp³-hybridized carbons (Fsp3) is 0.231. The van der Waals surface area contributed by atoms with E-state index >= 15 is 0 Å². The molecule has 2 aromatic rings. The molecule has 0 saturated heterocycles. The zero-order chi connectivity index (χ0) is 13.8. The second kappa shape index (κ2) is 5.86. The van der Waals surface area contributed by atoms with Crippen molar-refractivity contribution in [2.24, 2.45) is 7.05 Å². The van der Waals surface area contributed by atoms with Crippen molar-refractivity contribution in [1.82, 2.24) is 9.78 Å². The van der Waals surface area contributed by atoms with Gasteiger partial charge < -0.3 is 9.84 Å². The van der Waals surface area contributed by atoms with Gasteiger partial charge in [0, 0.05) is 12.1 Å². The second-order valence-electron chi connectivity index (χ2n) is 4.06. The van der Waals surface area contributed by atoms with Gasteiger partial charge in [-0.2, -0.15) is 5.10 Å². The summed E-state index contributed by atoms with van der Waals surface area (Å²) in [7, 11) is 1.69. The minimum absolute atomic E-state index is 0.161. The lowest BCUT2D eigenvalue weighted by Crippen LogP contribution is -2.07. The number of carbonyl (C=O) groups is 1. The number of carboxylic acids is 1. The van der Waals surface area contributed by atoms with E-state index in [9.17, 15) is 4.79 Å². The van der Waals surface area contributed by atoms with Gasteiger partial charge in [-0.05, 0) is 17.7 Å². The molecule has 100 valence electrons. The van der Waals surface area contributed by atoms with Crippen LogP contribution in [0.15, 0.2) is 30.5 Å². The van der Waals surface area contributed by atoms with Crippen LogP contribution in [0.1, 0.15) is 21.6 Å². The second-order valence-corrected chi connectivity index (χ2v) is 4.49. The van der Waals surface area contributed by atoms with Gasteiger partial charge >= 0.3 is 5.97 Å². The van der Waals surface area contributed by atoms with Gasteiger partial charge in [-0.25, -0.2) is 4.79 Å². The van der Waals surface area contributed by atoms with Crippen molar-refractivity contribution in [2.45, 2.75) is 13.2 Å². The van der Waals surface area contributed by atoms with Crippen LogP contribution >= 0.6 is 11.6 Å². The number of aryl methyl sites for hydroxylation is 1. The first-order valence-electron chi connectivity index (χ1n) is 5.64. The first-order valence-corrected chi connectivity index (χ1v) is 6.02. The largest absolute Gasteiger partial charge is 0.478 e. The fourth-order valence-corrected chi connectivity index (χ4v) is 1.92. The van der Waals surface area contributed by atoms with Crippen LogP contribution in [-0.4, -0.2) is 20.9 Å². The molecule has 5 nitrogen and oxygen atoms in total. The van der Waals surface area contributed by atoms with Gasteiger partial charge in [0.1, 0.15) is 5.56 Å². The molecule has 2 rings (SSSR count). The molecule has 0 bridgehead atoms. The van der Waals surface area contributed by atoms with E-state index in [1.165, 1.54) is 10.9 Å². The van der Waals surface area contributed by atoms with Crippen LogP contribution in [0.5, 0.6) is 0 Å². The molecule has 1 heterocycles. The topological polar surface area (TPSA) is 64.4 Å². The van der Waals surface area contributed by atoms with E-state index in [-0.39, 0.29) is 12.2 Å². The Kier molecular flexibility index (Phi) is 4.19. The van der Waals surface area contributed by atoms with Crippen molar-refractivity contribution in [3.8, 4) is 0 Å². The smallest absolute Gasteiger partial charge is 0.339 e. The van der Waals surface area contributed by atoms with E-state index < -0.39 is 5.97 Å². The highest BCUT2D eigenvalue weighted by atomic mass is 35.5. The molecule has 0 radical (unpaired) electrons. The molecule has 1 N–H and O–H groups in total. The van der Waals surface area contributed by atoms with Crippen LogP contribution in [0.3, 0.4) is 0 Å². The summed E-state index contributed by atoms with van der Waals surface area (Å²) < 4.78 is 7.01. The molecule has 0 atom stereocenters. The summed E-state index contributed by atoms with van der Waals surface area (Å²) >= 11 is 5.87. The summed E-state index contributed by atoms with van der Waals surface area (Å²) in [4.78, 5) is 11.0. The average molecular weight is 281 g/mol. The minimum atomic E-state index is -1.01. The Hall–Kier alpha value is -1.85. The molecule has 19 heavy (non-hydrogen) atoms. The maximum Gasteiger partial charge on any atom is 0.339 e. The summed E-state index contributed by atoms with van der Waals surface area (Å²) in [6, 6.07) is 7.33. The monoisotopic (exact) mass is 280 g/mol. The third-order valence-corrected chi connectivity index (χ3v) is 2.92. The van der Waals surface area contributed by atoms with Gasteiger partial charge in [-0.1, -0.05) is 23.7 Å². The Morgan fingerprint density at radius 3 is 2.95 bits per heavy atom. The molecule has 1 aromatic carbocycles. The predicted molar refractivity (Wildman–Crippen MR) is 70.1 cm³/mol. The van der Waals surface area contributed by atoms with Gasteiger partial charge in [0.05, 0.1) is 25.1 Å². The van der Waals surface area contributed by atoms with Gasteiger partial charge in [-0.15, -0.1) is 0 Å². The predicted octanol–water partition coefficient (Wildman–Crippen LogP) is 2.49. The van der Waals surface area contributed by atoms with E-state index in [1.54, 1.807) is 13.1 Å². The summed E-state index contributed by atoms with van der Waals surface area (Å²) in [5.41, 5.74) is 1.63. The van der Waals surface area contributed by atoms with Crippen molar-refractivity contribution in [2.75, 3.05) is 0 Å². The fourth-order valence-electron chi connectivity index (χ4n) is 1.70. The Labute approximate surface area is 115 Å². The van der Waals surface area contributed by atoms with Crippen molar-refractivity contribution in [3.05, 3.63) is 52.3 Å². The Bertz CT molecular complexity index is 595. The van der Waals surface area contributed by atoms with Gasteiger partial charge in [0.25, 0.3) is 0 Å². The standard InChI is InChI=1S/C13H13ClN2O3/c1-16-12(11(6-15-16)13(17)18)8-19-7-9-3-2-4-10(14)5-9/h2-6H,7-8H2,1H3,(H,17,18). The van der Waals surface area contributed by atoms with Crippen molar-refractivity contribution in [3.63, 3.8) is 0 Å². The first-order chi connectivity index (χ1) is 9.08. The summed E-state index contributed by atoms with van der Waals surface area (Å²) in [5.74, 6) is -1.01. The normalized spacial score (nSPS) is 10.6. The highest BCUT2D eigenvalue weighted by Gasteiger charge is 2.14. The lowest BCUT2D eigenvalue weighted by molar-refractivity contribution is 0.0681. The van der Waals surface area contributed by atoms with Gasteiger partial charge in [0.15, 0.2) is 0 Å². The van der Waals surface area contributed by atoms with E-state index in [4.69, 9.17) is 21.4 Å². The Balaban J connectivity index is 2.00. The maximum absolute atomic E-state index is 11.0. The summed E-state index contributed by atoms with van der Waals surface area (Å²) in [5, 5.41) is 13.6. The number of aromatic carboxylic acids is 1. The van der Waals surface area contributed by atoms with Crippen LogP contribution in [0.4, 0.5) is 0 Å². The Morgan fingerprint density at radius 1 is 1.47 bits per heavy atom. The molecule has 0 amide bonds. The first kappa shape index (κ1) is 13.6. The summed E-state index contributed by atoms with van der Waals surface area (Å²) in [6.07, 6.45) is 1.32. The molecular weight excluding hydrogens is 268 g/mol. The lowest BCUT2D eigenvalue weighted by Gasteiger charge is -2.06. The molecule has 0 aliphatic carbocycles. The van der Waals surface area contributed by atoms with E-state index in [0.717, 1.165) is 5.56 Å². The quantitative estimate of drug-likeness (QED) is 0.914. The highest BCUT2D eigenvalue weighted by molar-refractivity contribution is 6.30. The van der Waals surface area contributed by atoms with E-state index in [0.29, 0.717) is 17.3 Å². The van der Waals surface area contributed by atoms with Crippen LogP contribution < -0.4 is 0 Å². The number of hydrogen-bond acceptors (Lipinski definition) is 3. The highest BCUT2D eigenvalue weighted by Crippen LogP contribution is 2.14. The number of ether oxygens (including phenoxy) is 1. The minimum Gasteiger partial charge on any atom is -0.478 e. The maximum atomic E-state index is 11.0. The molecule has 0 aliphatic heterocycles. The lowest BCUT2D eigenvalue weighted by atomic mass is 10.2. The van der Waals surface area contributed by atoms with Crippen molar-refractivity contribution >= 4 is 17.6 Å². The zero-order valence-electron chi connectivity index (χ0n) is 10.3. The van der Waals surface area contributed by atoms with E-state index in [2.05, 4.69) is 5.10 Å². The van der Waals surface area contributed by atoms with Crippen molar-refractivity contribution in [1.29, 1.82) is 0 Å². The SMILES string of the molecule is Cn1ncc(C(=O)O)c1COCc1cccc(Cl)c1. The number of benzene rings is 1. The molecule has 0 spiro atoms. The molecule has 0 fully saturated rings. The number of aromatic nitrogens is 2. The van der Waals surface area contributed by atoms with Crippen LogP contribution in [0.2, 0.25) is 5.02 Å². The van der Waals surface area contributed by atoms with Crippen LogP contribution in [-0.2, 0) is 25.0 Å². The van der Waals surface area contributed by atoms with E-state index in [1.807, 2.05) is 18.2 Å². The molecule has 6 heteroatoms. The van der Waals surface area contributed by atoms with Crippen molar-refractivity contribution < 1.29 is 14.6 Å². The third-order valence-electron chi connectivity index (χ3n) is 2.69. The number of rotatable bonds is 5. The zero-order valence-corrected chi connectivity index (χ0v) is 11.1. The molecule has 0 unspecified atom stereocenters. The number of hydrogen-bond donors (Lipinski definition) is 1.